The summed E-state index contributed by atoms with van der Waals surface area (Å²) in [4.78, 5) is 15.6. The first kappa shape index (κ1) is 11.2. The number of aryl methyl sites for hydroxylation is 1. The zero-order valence-corrected chi connectivity index (χ0v) is 9.54. The first-order chi connectivity index (χ1) is 8.22. The van der Waals surface area contributed by atoms with E-state index in [0.717, 1.165) is 5.56 Å². The van der Waals surface area contributed by atoms with Gasteiger partial charge in [-0.1, -0.05) is 30.3 Å². The molecule has 1 aromatic heterocycles. The molecule has 0 aliphatic rings. The van der Waals surface area contributed by atoms with Crippen molar-refractivity contribution in [2.24, 2.45) is 0 Å². The molecule has 0 amide bonds. The van der Waals surface area contributed by atoms with Crippen molar-refractivity contribution >= 4 is 5.97 Å². The van der Waals surface area contributed by atoms with Crippen LogP contribution in [-0.2, 0) is 4.74 Å². The molecule has 0 atom stereocenters. The van der Waals surface area contributed by atoms with E-state index in [-0.39, 0.29) is 5.69 Å². The van der Waals surface area contributed by atoms with Crippen LogP contribution in [-0.4, -0.2) is 28.3 Å². The van der Waals surface area contributed by atoms with Gasteiger partial charge in [0.25, 0.3) is 0 Å². The Labute approximate surface area is 98.5 Å². The van der Waals surface area contributed by atoms with Crippen LogP contribution in [0.3, 0.4) is 0 Å². The van der Waals surface area contributed by atoms with E-state index in [1.165, 1.54) is 7.11 Å². The summed E-state index contributed by atoms with van der Waals surface area (Å²) in [7, 11) is 1.30. The average Bonchev–Trinajstić information content (AvgIpc) is 2.39. The topological polar surface area (TPSA) is 65.0 Å². The Morgan fingerprint density at radius 2 is 1.88 bits per heavy atom. The van der Waals surface area contributed by atoms with Gasteiger partial charge in [0, 0.05) is 5.56 Å². The van der Waals surface area contributed by atoms with Crippen molar-refractivity contribution in [3.8, 4) is 11.4 Å². The Kier molecular flexibility index (Phi) is 3.09. The summed E-state index contributed by atoms with van der Waals surface area (Å²) in [5, 5.41) is 7.76. The van der Waals surface area contributed by atoms with Gasteiger partial charge in [-0.3, -0.25) is 0 Å². The van der Waals surface area contributed by atoms with Crippen LogP contribution < -0.4 is 0 Å². The highest BCUT2D eigenvalue weighted by Gasteiger charge is 2.14. The lowest BCUT2D eigenvalue weighted by atomic mass is 10.2. The summed E-state index contributed by atoms with van der Waals surface area (Å²) in [5.41, 5.74) is 1.51. The third-order valence-corrected chi connectivity index (χ3v) is 2.27. The standard InChI is InChI=1S/C12H11N3O2/c1-8-10(12(16)17-2)14-15-11(13-8)9-6-4-3-5-7-9/h3-7H,1-2H3. The summed E-state index contributed by atoms with van der Waals surface area (Å²) in [6, 6.07) is 9.46. The molecular formula is C12H11N3O2. The van der Waals surface area contributed by atoms with Gasteiger partial charge in [-0.05, 0) is 6.92 Å². The Morgan fingerprint density at radius 3 is 2.47 bits per heavy atom. The molecule has 0 saturated carbocycles. The van der Waals surface area contributed by atoms with E-state index in [1.807, 2.05) is 30.3 Å². The van der Waals surface area contributed by atoms with Crippen LogP contribution >= 0.6 is 0 Å². The van der Waals surface area contributed by atoms with Gasteiger partial charge in [0.1, 0.15) is 0 Å². The third kappa shape index (κ3) is 2.28. The van der Waals surface area contributed by atoms with Crippen LogP contribution in [0.15, 0.2) is 30.3 Å². The molecule has 0 spiro atoms. The molecule has 0 saturated heterocycles. The number of esters is 1. The van der Waals surface area contributed by atoms with Gasteiger partial charge in [-0.15, -0.1) is 10.2 Å². The number of hydrogen-bond acceptors (Lipinski definition) is 5. The Balaban J connectivity index is 2.41. The molecule has 2 aromatic rings. The summed E-state index contributed by atoms with van der Waals surface area (Å²) in [6.07, 6.45) is 0. The van der Waals surface area contributed by atoms with Crippen molar-refractivity contribution in [1.29, 1.82) is 0 Å². The van der Waals surface area contributed by atoms with Crippen molar-refractivity contribution in [3.63, 3.8) is 0 Å². The molecule has 0 fully saturated rings. The Morgan fingerprint density at radius 1 is 1.18 bits per heavy atom. The second kappa shape index (κ2) is 4.69. The molecular weight excluding hydrogens is 218 g/mol. The van der Waals surface area contributed by atoms with Crippen LogP contribution in [0.5, 0.6) is 0 Å². The van der Waals surface area contributed by atoms with Crippen LogP contribution in [0, 0.1) is 6.92 Å². The molecule has 0 bridgehead atoms. The maximum atomic E-state index is 11.3. The van der Waals surface area contributed by atoms with Crippen molar-refractivity contribution in [1.82, 2.24) is 15.2 Å². The highest BCUT2D eigenvalue weighted by molar-refractivity contribution is 5.88. The number of carbonyl (C=O) groups excluding carboxylic acids is 1. The minimum absolute atomic E-state index is 0.146. The second-order valence-corrected chi connectivity index (χ2v) is 3.43. The molecule has 5 nitrogen and oxygen atoms in total. The van der Waals surface area contributed by atoms with E-state index in [2.05, 4.69) is 19.9 Å². The monoisotopic (exact) mass is 229 g/mol. The quantitative estimate of drug-likeness (QED) is 0.732. The highest BCUT2D eigenvalue weighted by atomic mass is 16.5. The van der Waals surface area contributed by atoms with Crippen LogP contribution in [0.4, 0.5) is 0 Å². The molecule has 0 aliphatic heterocycles. The van der Waals surface area contributed by atoms with Gasteiger partial charge >= 0.3 is 5.97 Å². The number of hydrogen-bond donors (Lipinski definition) is 0. The summed E-state index contributed by atoms with van der Waals surface area (Å²) < 4.78 is 4.58. The molecule has 2 rings (SSSR count). The predicted octanol–water partition coefficient (Wildman–Crippen LogP) is 1.63. The number of rotatable bonds is 2. The maximum Gasteiger partial charge on any atom is 0.360 e. The van der Waals surface area contributed by atoms with Crippen LogP contribution in [0.25, 0.3) is 11.4 Å². The van der Waals surface area contributed by atoms with Crippen LogP contribution in [0.2, 0.25) is 0 Å². The second-order valence-electron chi connectivity index (χ2n) is 3.43. The number of aromatic nitrogens is 3. The first-order valence-electron chi connectivity index (χ1n) is 5.07. The number of benzene rings is 1. The summed E-state index contributed by atoms with van der Waals surface area (Å²) in [6.45, 7) is 1.70. The average molecular weight is 229 g/mol. The number of carbonyl (C=O) groups is 1. The molecule has 0 aliphatic carbocycles. The van der Waals surface area contributed by atoms with Crippen molar-refractivity contribution in [2.45, 2.75) is 6.92 Å². The molecule has 0 unspecified atom stereocenters. The Hall–Kier alpha value is -2.30. The first-order valence-corrected chi connectivity index (χ1v) is 5.07. The molecule has 0 radical (unpaired) electrons. The largest absolute Gasteiger partial charge is 0.464 e. The zero-order chi connectivity index (χ0) is 12.3. The lowest BCUT2D eigenvalue weighted by Crippen LogP contribution is -2.10. The maximum absolute atomic E-state index is 11.3. The lowest BCUT2D eigenvalue weighted by Gasteiger charge is -2.03. The van der Waals surface area contributed by atoms with Crippen molar-refractivity contribution in [3.05, 3.63) is 41.7 Å². The van der Waals surface area contributed by atoms with Crippen molar-refractivity contribution < 1.29 is 9.53 Å². The van der Waals surface area contributed by atoms with Crippen LogP contribution in [0.1, 0.15) is 16.2 Å². The minimum Gasteiger partial charge on any atom is -0.464 e. The zero-order valence-electron chi connectivity index (χ0n) is 9.54. The summed E-state index contributed by atoms with van der Waals surface area (Å²) in [5.74, 6) is -0.0298. The fourth-order valence-electron chi connectivity index (χ4n) is 1.40. The minimum atomic E-state index is -0.526. The molecule has 5 heteroatoms. The van der Waals surface area contributed by atoms with E-state index in [0.29, 0.717) is 11.5 Å². The third-order valence-electron chi connectivity index (χ3n) is 2.27. The highest BCUT2D eigenvalue weighted by Crippen LogP contribution is 2.14. The predicted molar refractivity (Wildman–Crippen MR) is 61.3 cm³/mol. The SMILES string of the molecule is COC(=O)c1nnc(-c2ccccc2)nc1C. The number of methoxy groups -OCH3 is 1. The van der Waals surface area contributed by atoms with Gasteiger partial charge in [-0.25, -0.2) is 9.78 Å². The van der Waals surface area contributed by atoms with E-state index >= 15 is 0 Å². The molecule has 1 aromatic carbocycles. The molecule has 0 N–H and O–H groups in total. The van der Waals surface area contributed by atoms with Gasteiger partial charge in [0.2, 0.25) is 0 Å². The van der Waals surface area contributed by atoms with Gasteiger partial charge < -0.3 is 4.74 Å². The van der Waals surface area contributed by atoms with E-state index in [4.69, 9.17) is 0 Å². The van der Waals surface area contributed by atoms with Crippen molar-refractivity contribution in [2.75, 3.05) is 7.11 Å². The van der Waals surface area contributed by atoms with Gasteiger partial charge in [0.15, 0.2) is 11.5 Å². The smallest absolute Gasteiger partial charge is 0.360 e. The molecule has 1 heterocycles. The Bertz CT molecular complexity index is 541. The fourth-order valence-corrected chi connectivity index (χ4v) is 1.40. The number of nitrogens with zero attached hydrogens (tertiary/aromatic N) is 3. The molecule has 17 heavy (non-hydrogen) atoms. The van der Waals surface area contributed by atoms with Gasteiger partial charge in [0.05, 0.1) is 12.8 Å². The normalized spacial score (nSPS) is 10.0. The van der Waals surface area contributed by atoms with E-state index in [1.54, 1.807) is 6.92 Å². The fraction of sp³-hybridized carbons (Fsp3) is 0.167. The van der Waals surface area contributed by atoms with Gasteiger partial charge in [-0.2, -0.15) is 0 Å². The van der Waals surface area contributed by atoms with E-state index in [9.17, 15) is 4.79 Å². The van der Waals surface area contributed by atoms with E-state index < -0.39 is 5.97 Å². The number of ether oxygens (including phenoxy) is 1. The summed E-state index contributed by atoms with van der Waals surface area (Å²) >= 11 is 0. The molecule has 86 valence electrons. The lowest BCUT2D eigenvalue weighted by molar-refractivity contribution is 0.0591.